The van der Waals surface area contributed by atoms with E-state index in [-0.39, 0.29) is 0 Å². The summed E-state index contributed by atoms with van der Waals surface area (Å²) in [6.45, 7) is 7.95. The van der Waals surface area contributed by atoms with Gasteiger partial charge in [0.05, 0.1) is 13.2 Å². The summed E-state index contributed by atoms with van der Waals surface area (Å²) in [5.41, 5.74) is 5.99. The molecular weight excluding hydrogens is 252 g/mol. The number of nitrogens with zero attached hydrogens (tertiary/aromatic N) is 2. The summed E-state index contributed by atoms with van der Waals surface area (Å²) in [4.78, 5) is 6.96. The standard InChI is InChI=1S/C15H30N4O/c1-13(12-19-7-9-20-10-8-19)11-17-15(16)18-14-5-3-2-4-6-14/h13-14H,2-12H2,1H3,(H3,16,17,18). The van der Waals surface area contributed by atoms with Gasteiger partial charge in [-0.1, -0.05) is 26.2 Å². The molecule has 2 fully saturated rings. The second kappa shape index (κ2) is 8.47. The van der Waals surface area contributed by atoms with Crippen molar-refractivity contribution in [2.24, 2.45) is 16.6 Å². The van der Waals surface area contributed by atoms with Crippen LogP contribution in [0.15, 0.2) is 4.99 Å². The molecule has 1 saturated carbocycles. The third-order valence-corrected chi connectivity index (χ3v) is 4.20. The monoisotopic (exact) mass is 282 g/mol. The zero-order valence-corrected chi connectivity index (χ0v) is 12.8. The van der Waals surface area contributed by atoms with Crippen LogP contribution in [0.4, 0.5) is 0 Å². The van der Waals surface area contributed by atoms with Gasteiger partial charge in [0.2, 0.25) is 0 Å². The maximum atomic E-state index is 5.99. The number of ether oxygens (including phenoxy) is 1. The molecule has 0 radical (unpaired) electrons. The van der Waals surface area contributed by atoms with Crippen LogP contribution < -0.4 is 11.1 Å². The predicted octanol–water partition coefficient (Wildman–Crippen LogP) is 1.19. The van der Waals surface area contributed by atoms with Gasteiger partial charge >= 0.3 is 0 Å². The van der Waals surface area contributed by atoms with Crippen molar-refractivity contribution in [3.05, 3.63) is 0 Å². The molecule has 1 heterocycles. The van der Waals surface area contributed by atoms with Gasteiger partial charge in [0.15, 0.2) is 5.96 Å². The summed E-state index contributed by atoms with van der Waals surface area (Å²) in [7, 11) is 0. The Labute approximate surface area is 122 Å². The van der Waals surface area contributed by atoms with Crippen molar-refractivity contribution in [3.63, 3.8) is 0 Å². The number of aliphatic imine (C=N–C) groups is 1. The van der Waals surface area contributed by atoms with Gasteiger partial charge in [0, 0.05) is 32.2 Å². The fourth-order valence-corrected chi connectivity index (χ4v) is 3.04. The lowest BCUT2D eigenvalue weighted by Crippen LogP contribution is -2.42. The van der Waals surface area contributed by atoms with Crippen molar-refractivity contribution in [3.8, 4) is 0 Å². The van der Waals surface area contributed by atoms with E-state index < -0.39 is 0 Å². The molecule has 0 bridgehead atoms. The first kappa shape index (κ1) is 15.6. The first-order chi connectivity index (χ1) is 9.74. The molecule has 1 atom stereocenters. The van der Waals surface area contributed by atoms with Crippen LogP contribution in [0.25, 0.3) is 0 Å². The van der Waals surface area contributed by atoms with Gasteiger partial charge in [-0.3, -0.25) is 9.89 Å². The molecule has 0 aromatic carbocycles. The van der Waals surface area contributed by atoms with Crippen LogP contribution in [0.1, 0.15) is 39.0 Å². The number of hydrogen-bond donors (Lipinski definition) is 2. The lowest BCUT2D eigenvalue weighted by molar-refractivity contribution is 0.0323. The molecule has 5 nitrogen and oxygen atoms in total. The summed E-state index contributed by atoms with van der Waals surface area (Å²) < 4.78 is 5.36. The first-order valence-electron chi connectivity index (χ1n) is 8.10. The van der Waals surface area contributed by atoms with Crippen LogP contribution >= 0.6 is 0 Å². The lowest BCUT2D eigenvalue weighted by Gasteiger charge is -2.28. The van der Waals surface area contributed by atoms with Crippen molar-refractivity contribution in [1.29, 1.82) is 0 Å². The second-order valence-corrected chi connectivity index (χ2v) is 6.22. The molecule has 5 heteroatoms. The molecule has 2 aliphatic rings. The van der Waals surface area contributed by atoms with Gasteiger partial charge in [-0.2, -0.15) is 0 Å². The Bertz CT molecular complexity index is 296. The summed E-state index contributed by atoms with van der Waals surface area (Å²) in [5, 5.41) is 3.37. The molecule has 2 rings (SSSR count). The second-order valence-electron chi connectivity index (χ2n) is 6.22. The molecule has 0 spiro atoms. The fourth-order valence-electron chi connectivity index (χ4n) is 3.04. The average molecular weight is 282 g/mol. The predicted molar refractivity (Wildman–Crippen MR) is 82.9 cm³/mol. The van der Waals surface area contributed by atoms with Gasteiger partial charge in [-0.25, -0.2) is 0 Å². The highest BCUT2D eigenvalue weighted by Crippen LogP contribution is 2.17. The molecule has 1 unspecified atom stereocenters. The van der Waals surface area contributed by atoms with E-state index in [4.69, 9.17) is 10.5 Å². The summed E-state index contributed by atoms with van der Waals surface area (Å²) in [5.74, 6) is 1.17. The van der Waals surface area contributed by atoms with Crippen LogP contribution in [0.2, 0.25) is 0 Å². The van der Waals surface area contributed by atoms with Crippen LogP contribution in [-0.2, 0) is 4.74 Å². The zero-order valence-electron chi connectivity index (χ0n) is 12.8. The third kappa shape index (κ3) is 5.67. The van der Waals surface area contributed by atoms with Crippen LogP contribution in [-0.4, -0.2) is 56.3 Å². The minimum absolute atomic E-state index is 0.541. The van der Waals surface area contributed by atoms with Gasteiger partial charge in [0.1, 0.15) is 0 Å². The number of guanidine groups is 1. The van der Waals surface area contributed by atoms with E-state index in [1.807, 2.05) is 0 Å². The molecular formula is C15H30N4O. The summed E-state index contributed by atoms with van der Waals surface area (Å²) >= 11 is 0. The molecule has 0 aromatic heterocycles. The molecule has 0 aromatic rings. The van der Waals surface area contributed by atoms with Gasteiger partial charge < -0.3 is 15.8 Å². The van der Waals surface area contributed by atoms with Gasteiger partial charge in [-0.15, -0.1) is 0 Å². The Morgan fingerprint density at radius 2 is 2.00 bits per heavy atom. The van der Waals surface area contributed by atoms with E-state index in [9.17, 15) is 0 Å². The third-order valence-electron chi connectivity index (χ3n) is 4.20. The van der Waals surface area contributed by atoms with Crippen LogP contribution in [0.3, 0.4) is 0 Å². The molecule has 1 aliphatic heterocycles. The summed E-state index contributed by atoms with van der Waals surface area (Å²) in [6, 6.07) is 0.544. The Balaban J connectivity index is 1.64. The minimum atomic E-state index is 0.541. The quantitative estimate of drug-likeness (QED) is 0.587. The van der Waals surface area contributed by atoms with Crippen LogP contribution in [0, 0.1) is 5.92 Å². The Morgan fingerprint density at radius 3 is 2.70 bits per heavy atom. The lowest BCUT2D eigenvalue weighted by atomic mass is 9.96. The van der Waals surface area contributed by atoms with E-state index in [0.29, 0.717) is 17.9 Å². The number of nitrogens with one attached hydrogen (secondary N) is 1. The van der Waals surface area contributed by atoms with Gasteiger partial charge in [-0.05, 0) is 18.8 Å². The number of nitrogens with two attached hydrogens (primary N) is 1. The molecule has 116 valence electrons. The largest absolute Gasteiger partial charge is 0.379 e. The van der Waals surface area contributed by atoms with Crippen LogP contribution in [0.5, 0.6) is 0 Å². The maximum absolute atomic E-state index is 5.99. The normalized spacial score (nSPS) is 24.6. The fraction of sp³-hybridized carbons (Fsp3) is 0.933. The summed E-state index contributed by atoms with van der Waals surface area (Å²) in [6.07, 6.45) is 6.47. The van der Waals surface area contributed by atoms with E-state index in [2.05, 4.69) is 22.1 Å². The smallest absolute Gasteiger partial charge is 0.188 e. The van der Waals surface area contributed by atoms with Crippen molar-refractivity contribution >= 4 is 5.96 Å². The highest BCUT2D eigenvalue weighted by molar-refractivity contribution is 5.78. The van der Waals surface area contributed by atoms with Crippen molar-refractivity contribution in [2.45, 2.75) is 45.1 Å². The molecule has 1 aliphatic carbocycles. The number of hydrogen-bond acceptors (Lipinski definition) is 3. The topological polar surface area (TPSA) is 62.9 Å². The van der Waals surface area contributed by atoms with Crippen molar-refractivity contribution < 1.29 is 4.74 Å². The average Bonchev–Trinajstić information content (AvgIpc) is 2.47. The maximum Gasteiger partial charge on any atom is 0.188 e. The SMILES string of the molecule is CC(CN=C(N)NC1CCCCC1)CN1CCOCC1. The number of rotatable bonds is 5. The Morgan fingerprint density at radius 1 is 1.30 bits per heavy atom. The first-order valence-corrected chi connectivity index (χ1v) is 8.10. The molecule has 20 heavy (non-hydrogen) atoms. The van der Waals surface area contributed by atoms with Gasteiger partial charge in [0.25, 0.3) is 0 Å². The molecule has 0 amide bonds. The van der Waals surface area contributed by atoms with E-state index in [1.165, 1.54) is 32.1 Å². The number of morpholine rings is 1. The molecule has 3 N–H and O–H groups in total. The Hall–Kier alpha value is -0.810. The van der Waals surface area contributed by atoms with Crippen molar-refractivity contribution in [1.82, 2.24) is 10.2 Å². The highest BCUT2D eigenvalue weighted by Gasteiger charge is 2.15. The van der Waals surface area contributed by atoms with E-state index in [0.717, 1.165) is 39.4 Å². The van der Waals surface area contributed by atoms with E-state index >= 15 is 0 Å². The highest BCUT2D eigenvalue weighted by atomic mass is 16.5. The van der Waals surface area contributed by atoms with Crippen molar-refractivity contribution in [2.75, 3.05) is 39.4 Å². The van der Waals surface area contributed by atoms with E-state index in [1.54, 1.807) is 0 Å². The Kier molecular flexibility index (Phi) is 6.60. The molecule has 1 saturated heterocycles. The minimum Gasteiger partial charge on any atom is -0.379 e. The zero-order chi connectivity index (χ0) is 14.2.